The van der Waals surface area contributed by atoms with Crippen molar-refractivity contribution in [3.05, 3.63) is 59.4 Å². The smallest absolute Gasteiger partial charge is 0.230 e. The van der Waals surface area contributed by atoms with Crippen LogP contribution in [0.4, 0.5) is 11.5 Å². The third-order valence-corrected chi connectivity index (χ3v) is 5.14. The lowest BCUT2D eigenvalue weighted by molar-refractivity contribution is -0.120. The van der Waals surface area contributed by atoms with Gasteiger partial charge in [0.2, 0.25) is 5.91 Å². The van der Waals surface area contributed by atoms with Gasteiger partial charge in [0.15, 0.2) is 0 Å². The molecule has 0 bridgehead atoms. The zero-order valence-corrected chi connectivity index (χ0v) is 15.9. The van der Waals surface area contributed by atoms with Gasteiger partial charge in [-0.05, 0) is 37.1 Å². The van der Waals surface area contributed by atoms with Crippen LogP contribution in [0.5, 0.6) is 0 Å². The van der Waals surface area contributed by atoms with Crippen LogP contribution in [0.15, 0.2) is 48.7 Å². The third kappa shape index (κ3) is 3.75. The zero-order chi connectivity index (χ0) is 19.5. The number of nitrogens with zero attached hydrogens (tertiary/aromatic N) is 4. The Morgan fingerprint density at radius 3 is 2.93 bits per heavy atom. The van der Waals surface area contributed by atoms with E-state index in [-0.39, 0.29) is 11.8 Å². The Balaban J connectivity index is 1.57. The van der Waals surface area contributed by atoms with Gasteiger partial charge in [-0.3, -0.25) is 4.79 Å². The summed E-state index contributed by atoms with van der Waals surface area (Å²) in [7, 11) is 0. The second kappa shape index (κ2) is 7.83. The van der Waals surface area contributed by atoms with Crippen LogP contribution in [0.3, 0.4) is 0 Å². The molecule has 6 nitrogen and oxygen atoms in total. The molecule has 0 saturated carbocycles. The molecular formula is C21H18ClN5O. The van der Waals surface area contributed by atoms with Crippen molar-refractivity contribution in [1.82, 2.24) is 9.97 Å². The van der Waals surface area contributed by atoms with Crippen LogP contribution in [-0.4, -0.2) is 29.0 Å². The van der Waals surface area contributed by atoms with E-state index in [9.17, 15) is 10.1 Å². The maximum absolute atomic E-state index is 12.7. The van der Waals surface area contributed by atoms with Gasteiger partial charge in [0.25, 0.3) is 0 Å². The fourth-order valence-electron chi connectivity index (χ4n) is 3.56. The highest BCUT2D eigenvalue weighted by atomic mass is 35.5. The average molecular weight is 392 g/mol. The molecule has 1 amide bonds. The summed E-state index contributed by atoms with van der Waals surface area (Å²) < 4.78 is 0. The Kier molecular flexibility index (Phi) is 5.09. The molecule has 1 N–H and O–H groups in total. The molecule has 3 aromatic rings. The lowest BCUT2D eigenvalue weighted by Crippen LogP contribution is -2.41. The van der Waals surface area contributed by atoms with Gasteiger partial charge in [0, 0.05) is 30.4 Å². The first kappa shape index (κ1) is 18.2. The molecule has 3 heterocycles. The van der Waals surface area contributed by atoms with Gasteiger partial charge in [-0.1, -0.05) is 29.8 Å². The summed E-state index contributed by atoms with van der Waals surface area (Å²) in [6.07, 6.45) is 3.21. The van der Waals surface area contributed by atoms with E-state index in [1.165, 1.54) is 6.20 Å². The van der Waals surface area contributed by atoms with Crippen molar-refractivity contribution in [2.45, 2.75) is 12.8 Å². The summed E-state index contributed by atoms with van der Waals surface area (Å²) in [6.45, 7) is 1.42. The van der Waals surface area contributed by atoms with E-state index in [1.807, 2.05) is 30.3 Å². The monoisotopic (exact) mass is 391 g/mol. The zero-order valence-electron chi connectivity index (χ0n) is 15.1. The van der Waals surface area contributed by atoms with Crippen LogP contribution in [-0.2, 0) is 4.79 Å². The molecule has 1 aromatic carbocycles. The number of fused-ring (bicyclic) bond motifs is 1. The van der Waals surface area contributed by atoms with Crippen molar-refractivity contribution in [1.29, 1.82) is 5.26 Å². The molecule has 4 rings (SSSR count). The summed E-state index contributed by atoms with van der Waals surface area (Å²) in [6, 6.07) is 15.1. The van der Waals surface area contributed by atoms with Crippen molar-refractivity contribution >= 4 is 39.9 Å². The van der Waals surface area contributed by atoms with Crippen molar-refractivity contribution in [2.24, 2.45) is 5.92 Å². The van der Waals surface area contributed by atoms with Crippen LogP contribution in [0.2, 0.25) is 5.02 Å². The number of pyridine rings is 2. The predicted octanol–water partition coefficient (Wildman–Crippen LogP) is 4.01. The number of anilines is 2. The molecular weight excluding hydrogens is 374 g/mol. The molecule has 7 heteroatoms. The highest BCUT2D eigenvalue weighted by Crippen LogP contribution is 2.30. The van der Waals surface area contributed by atoms with Crippen LogP contribution in [0, 0.1) is 17.2 Å². The summed E-state index contributed by atoms with van der Waals surface area (Å²) in [5.74, 6) is 0.273. The maximum Gasteiger partial charge on any atom is 0.230 e. The number of carbonyl (C=O) groups excluding carboxylic acids is 1. The molecule has 1 saturated heterocycles. The lowest BCUT2D eigenvalue weighted by atomic mass is 9.96. The van der Waals surface area contributed by atoms with Crippen LogP contribution >= 0.6 is 11.6 Å². The van der Waals surface area contributed by atoms with Crippen molar-refractivity contribution in [3.63, 3.8) is 0 Å². The largest absolute Gasteiger partial charge is 0.370 e. The number of halogens is 1. The van der Waals surface area contributed by atoms with E-state index in [0.29, 0.717) is 23.1 Å². The highest BCUT2D eigenvalue weighted by Gasteiger charge is 2.27. The Morgan fingerprint density at radius 1 is 1.29 bits per heavy atom. The van der Waals surface area contributed by atoms with Crippen LogP contribution in [0.25, 0.3) is 10.9 Å². The second-order valence-electron chi connectivity index (χ2n) is 6.79. The van der Waals surface area contributed by atoms with Gasteiger partial charge in [-0.2, -0.15) is 5.26 Å². The number of piperidine rings is 1. The Morgan fingerprint density at radius 2 is 2.14 bits per heavy atom. The van der Waals surface area contributed by atoms with Crippen molar-refractivity contribution < 1.29 is 4.79 Å². The normalized spacial score (nSPS) is 16.6. The summed E-state index contributed by atoms with van der Waals surface area (Å²) in [5.41, 5.74) is 2.11. The molecule has 1 aliphatic rings. The standard InChI is InChI=1S/C21H18ClN5O/c22-15-7-8-20(24-12-15)26-21(28)14-4-3-9-27(13-14)19-10-16(11-23)25-18-6-2-1-5-17(18)19/h1-2,5-8,10,12,14H,3-4,9,13H2,(H,24,26,28). The van der Waals surface area contributed by atoms with Crippen LogP contribution < -0.4 is 10.2 Å². The SMILES string of the molecule is N#Cc1cc(N2CCCC(C(=O)Nc3ccc(Cl)cn3)C2)c2ccccc2n1. The molecule has 1 aliphatic heterocycles. The fourth-order valence-corrected chi connectivity index (χ4v) is 3.68. The average Bonchev–Trinajstić information content (AvgIpc) is 2.74. The molecule has 0 spiro atoms. The summed E-state index contributed by atoms with van der Waals surface area (Å²) >= 11 is 5.85. The predicted molar refractivity (Wildman–Crippen MR) is 109 cm³/mol. The minimum atomic E-state index is -0.163. The summed E-state index contributed by atoms with van der Waals surface area (Å²) in [5, 5.41) is 13.7. The number of hydrogen-bond donors (Lipinski definition) is 1. The molecule has 28 heavy (non-hydrogen) atoms. The molecule has 0 aliphatic carbocycles. The summed E-state index contributed by atoms with van der Waals surface area (Å²) in [4.78, 5) is 23.4. The second-order valence-corrected chi connectivity index (χ2v) is 7.23. The quantitative estimate of drug-likeness (QED) is 0.729. The first-order valence-electron chi connectivity index (χ1n) is 9.11. The Bertz CT molecular complexity index is 1060. The lowest BCUT2D eigenvalue weighted by Gasteiger charge is -2.34. The van der Waals surface area contributed by atoms with Crippen molar-refractivity contribution in [2.75, 3.05) is 23.3 Å². The number of amides is 1. The van der Waals surface area contributed by atoms with E-state index in [1.54, 1.807) is 12.1 Å². The third-order valence-electron chi connectivity index (χ3n) is 4.92. The van der Waals surface area contributed by atoms with E-state index in [4.69, 9.17) is 11.6 Å². The number of nitrogens with one attached hydrogen (secondary N) is 1. The minimum Gasteiger partial charge on any atom is -0.370 e. The molecule has 2 aromatic heterocycles. The van der Waals surface area contributed by atoms with Gasteiger partial charge in [-0.15, -0.1) is 0 Å². The van der Waals surface area contributed by atoms with Gasteiger partial charge < -0.3 is 10.2 Å². The number of aromatic nitrogens is 2. The van der Waals surface area contributed by atoms with Gasteiger partial charge in [0.05, 0.1) is 16.5 Å². The molecule has 1 atom stereocenters. The number of para-hydroxylation sites is 1. The van der Waals surface area contributed by atoms with E-state index in [0.717, 1.165) is 36.0 Å². The Hall–Kier alpha value is -3.17. The topological polar surface area (TPSA) is 81.9 Å². The minimum absolute atomic E-state index is 0.0570. The van der Waals surface area contributed by atoms with E-state index < -0.39 is 0 Å². The number of nitriles is 1. The maximum atomic E-state index is 12.7. The highest BCUT2D eigenvalue weighted by molar-refractivity contribution is 6.30. The van der Waals surface area contributed by atoms with Gasteiger partial charge >= 0.3 is 0 Å². The number of benzene rings is 1. The first-order chi connectivity index (χ1) is 13.6. The van der Waals surface area contributed by atoms with E-state index >= 15 is 0 Å². The van der Waals surface area contributed by atoms with E-state index in [2.05, 4.69) is 26.3 Å². The van der Waals surface area contributed by atoms with Gasteiger partial charge in [-0.25, -0.2) is 9.97 Å². The molecule has 1 unspecified atom stereocenters. The van der Waals surface area contributed by atoms with Crippen LogP contribution in [0.1, 0.15) is 18.5 Å². The fraction of sp³-hybridized carbons (Fsp3) is 0.238. The molecule has 0 radical (unpaired) electrons. The van der Waals surface area contributed by atoms with Gasteiger partial charge in [0.1, 0.15) is 17.6 Å². The number of carbonyl (C=O) groups is 1. The Labute approximate surface area is 167 Å². The number of rotatable bonds is 3. The van der Waals surface area contributed by atoms with Crippen molar-refractivity contribution in [3.8, 4) is 6.07 Å². The first-order valence-corrected chi connectivity index (χ1v) is 9.49. The number of hydrogen-bond acceptors (Lipinski definition) is 5. The molecule has 1 fully saturated rings. The molecule has 140 valence electrons.